The van der Waals surface area contributed by atoms with Gasteiger partial charge in [-0.25, -0.2) is 4.39 Å². The number of benzene rings is 1. The summed E-state index contributed by atoms with van der Waals surface area (Å²) in [6.07, 6.45) is 7.73. The fourth-order valence-electron chi connectivity index (χ4n) is 3.21. The Hall–Kier alpha value is -2.67. The first-order valence-corrected chi connectivity index (χ1v) is 8.37. The molecule has 1 amide bonds. The average Bonchev–Trinajstić information content (AvgIpc) is 3.31. The predicted molar refractivity (Wildman–Crippen MR) is 91.8 cm³/mol. The van der Waals surface area contributed by atoms with Crippen molar-refractivity contribution in [1.29, 1.82) is 0 Å². The van der Waals surface area contributed by atoms with E-state index in [1.807, 2.05) is 6.20 Å². The largest absolute Gasteiger partial charge is 0.376 e. The van der Waals surface area contributed by atoms with E-state index >= 15 is 0 Å². The monoisotopic (exact) mass is 342 g/mol. The van der Waals surface area contributed by atoms with E-state index in [0.717, 1.165) is 30.4 Å². The van der Waals surface area contributed by atoms with Crippen LogP contribution in [0.3, 0.4) is 0 Å². The maximum absolute atomic E-state index is 13.2. The van der Waals surface area contributed by atoms with Gasteiger partial charge in [-0.2, -0.15) is 5.10 Å². The van der Waals surface area contributed by atoms with E-state index in [4.69, 9.17) is 4.74 Å². The maximum Gasteiger partial charge on any atom is 0.228 e. The first kappa shape index (κ1) is 15.8. The number of rotatable bonds is 5. The van der Waals surface area contributed by atoms with E-state index in [-0.39, 0.29) is 24.2 Å². The molecule has 6 nitrogen and oxygen atoms in total. The number of hydrogen-bond donors (Lipinski definition) is 2. The van der Waals surface area contributed by atoms with E-state index in [2.05, 4.69) is 15.4 Å². The molecule has 0 saturated carbocycles. The molecule has 7 heteroatoms. The van der Waals surface area contributed by atoms with Crippen LogP contribution in [0.5, 0.6) is 0 Å². The molecular weight excluding hydrogens is 323 g/mol. The number of carbonyl (C=O) groups is 1. The third-order valence-corrected chi connectivity index (χ3v) is 4.41. The minimum Gasteiger partial charge on any atom is -0.376 e. The number of hydrogen-bond acceptors (Lipinski definition) is 3. The van der Waals surface area contributed by atoms with E-state index in [9.17, 15) is 9.18 Å². The van der Waals surface area contributed by atoms with E-state index in [1.165, 1.54) is 12.1 Å². The minimum absolute atomic E-state index is 0.137. The Balaban J connectivity index is 1.39. The van der Waals surface area contributed by atoms with Crippen molar-refractivity contribution < 1.29 is 13.9 Å². The van der Waals surface area contributed by atoms with Crippen LogP contribution in [-0.4, -0.2) is 33.4 Å². The van der Waals surface area contributed by atoms with Crippen molar-refractivity contribution in [3.63, 3.8) is 0 Å². The first-order valence-electron chi connectivity index (χ1n) is 8.37. The standard InChI is InChI=1S/C18H19FN4O2/c19-13-3-4-16-12(8-20-17(16)7-13)6-18(24)22-14-9-21-23(10-14)11-15-2-1-5-25-15/h3-4,7-10,15,20H,1-2,5-6,11H2,(H,22,24). The number of fused-ring (bicyclic) bond motifs is 1. The number of nitrogens with one attached hydrogen (secondary N) is 2. The lowest BCUT2D eigenvalue weighted by Crippen LogP contribution is -2.15. The van der Waals surface area contributed by atoms with Crippen LogP contribution < -0.4 is 5.32 Å². The summed E-state index contributed by atoms with van der Waals surface area (Å²) in [6, 6.07) is 4.50. The highest BCUT2D eigenvalue weighted by Gasteiger charge is 2.17. The maximum atomic E-state index is 13.2. The molecule has 0 aliphatic carbocycles. The summed E-state index contributed by atoms with van der Waals surface area (Å²) in [5, 5.41) is 7.97. The fourth-order valence-corrected chi connectivity index (χ4v) is 3.21. The molecule has 1 aliphatic heterocycles. The molecule has 4 rings (SSSR count). The summed E-state index contributed by atoms with van der Waals surface area (Å²) < 4.78 is 20.6. The molecule has 3 aromatic rings. The Morgan fingerprint density at radius 1 is 1.48 bits per heavy atom. The molecule has 25 heavy (non-hydrogen) atoms. The van der Waals surface area contributed by atoms with Crippen LogP contribution in [0.4, 0.5) is 10.1 Å². The first-order chi connectivity index (χ1) is 12.2. The third kappa shape index (κ3) is 3.56. The van der Waals surface area contributed by atoms with Gasteiger partial charge < -0.3 is 15.0 Å². The van der Waals surface area contributed by atoms with Gasteiger partial charge in [-0.15, -0.1) is 0 Å². The van der Waals surface area contributed by atoms with Crippen molar-refractivity contribution in [3.05, 3.63) is 48.2 Å². The van der Waals surface area contributed by atoms with E-state index < -0.39 is 0 Å². The molecule has 2 N–H and O–H groups in total. The molecule has 1 unspecified atom stereocenters. The van der Waals surface area contributed by atoms with Gasteiger partial charge in [0, 0.05) is 29.9 Å². The zero-order valence-corrected chi connectivity index (χ0v) is 13.7. The molecule has 130 valence electrons. The molecule has 1 atom stereocenters. The highest BCUT2D eigenvalue weighted by Crippen LogP contribution is 2.20. The molecule has 1 aromatic carbocycles. The smallest absolute Gasteiger partial charge is 0.228 e. The molecule has 1 fully saturated rings. The second kappa shape index (κ2) is 6.68. The second-order valence-corrected chi connectivity index (χ2v) is 6.31. The molecule has 0 bridgehead atoms. The lowest BCUT2D eigenvalue weighted by Gasteiger charge is -2.08. The molecular formula is C18H19FN4O2. The van der Waals surface area contributed by atoms with Gasteiger partial charge in [0.1, 0.15) is 5.82 Å². The second-order valence-electron chi connectivity index (χ2n) is 6.31. The number of halogens is 1. The number of nitrogens with zero attached hydrogens (tertiary/aromatic N) is 2. The SMILES string of the molecule is O=C(Cc1c[nH]c2cc(F)ccc12)Nc1cnn(CC2CCCO2)c1. The van der Waals surface area contributed by atoms with Crippen LogP contribution >= 0.6 is 0 Å². The van der Waals surface area contributed by atoms with Crippen LogP contribution in [0, 0.1) is 5.82 Å². The zero-order valence-electron chi connectivity index (χ0n) is 13.7. The minimum atomic E-state index is -0.302. The fraction of sp³-hybridized carbons (Fsp3) is 0.333. The molecule has 1 saturated heterocycles. The van der Waals surface area contributed by atoms with Crippen molar-refractivity contribution in [2.45, 2.75) is 31.9 Å². The molecule has 3 heterocycles. The number of H-pyrrole nitrogens is 1. The number of amides is 1. The summed E-state index contributed by atoms with van der Waals surface area (Å²) in [5.41, 5.74) is 2.18. The Bertz CT molecular complexity index is 896. The third-order valence-electron chi connectivity index (χ3n) is 4.41. The Morgan fingerprint density at radius 3 is 3.24 bits per heavy atom. The van der Waals surface area contributed by atoms with Crippen molar-refractivity contribution in [2.24, 2.45) is 0 Å². The number of anilines is 1. The molecule has 0 spiro atoms. The van der Waals surface area contributed by atoms with Crippen LogP contribution in [0.25, 0.3) is 10.9 Å². The van der Waals surface area contributed by atoms with Gasteiger partial charge in [0.05, 0.1) is 31.0 Å². The molecule has 1 aliphatic rings. The number of aromatic nitrogens is 3. The van der Waals surface area contributed by atoms with Gasteiger partial charge >= 0.3 is 0 Å². The van der Waals surface area contributed by atoms with Crippen molar-refractivity contribution in [1.82, 2.24) is 14.8 Å². The van der Waals surface area contributed by atoms with E-state index in [1.54, 1.807) is 23.1 Å². The summed E-state index contributed by atoms with van der Waals surface area (Å²) in [6.45, 7) is 1.51. The van der Waals surface area contributed by atoms with Crippen LogP contribution in [-0.2, 0) is 22.5 Å². The zero-order chi connectivity index (χ0) is 17.2. The van der Waals surface area contributed by atoms with Crippen molar-refractivity contribution in [2.75, 3.05) is 11.9 Å². The predicted octanol–water partition coefficient (Wildman–Crippen LogP) is 2.86. The molecule has 0 radical (unpaired) electrons. The molecule has 2 aromatic heterocycles. The average molecular weight is 342 g/mol. The Morgan fingerprint density at radius 2 is 2.40 bits per heavy atom. The van der Waals surface area contributed by atoms with Gasteiger partial charge in [-0.1, -0.05) is 0 Å². The van der Waals surface area contributed by atoms with Crippen LogP contribution in [0.2, 0.25) is 0 Å². The van der Waals surface area contributed by atoms with Gasteiger partial charge in [0.25, 0.3) is 0 Å². The van der Waals surface area contributed by atoms with Crippen molar-refractivity contribution >= 4 is 22.5 Å². The van der Waals surface area contributed by atoms with Crippen molar-refractivity contribution in [3.8, 4) is 0 Å². The highest BCUT2D eigenvalue weighted by atomic mass is 19.1. The summed E-state index contributed by atoms with van der Waals surface area (Å²) in [5.74, 6) is -0.439. The van der Waals surface area contributed by atoms with Gasteiger partial charge in [-0.3, -0.25) is 9.48 Å². The van der Waals surface area contributed by atoms with Crippen LogP contribution in [0.15, 0.2) is 36.8 Å². The topological polar surface area (TPSA) is 71.9 Å². The van der Waals surface area contributed by atoms with Gasteiger partial charge in [0.2, 0.25) is 5.91 Å². The Kier molecular flexibility index (Phi) is 4.23. The van der Waals surface area contributed by atoms with Gasteiger partial charge in [-0.05, 0) is 36.6 Å². The lowest BCUT2D eigenvalue weighted by atomic mass is 10.1. The van der Waals surface area contributed by atoms with Crippen LogP contribution in [0.1, 0.15) is 18.4 Å². The quantitative estimate of drug-likeness (QED) is 0.749. The van der Waals surface area contributed by atoms with E-state index in [0.29, 0.717) is 17.7 Å². The number of ether oxygens (including phenoxy) is 1. The number of carbonyl (C=O) groups excluding carboxylic acids is 1. The Labute approximate surface area is 144 Å². The van der Waals surface area contributed by atoms with Gasteiger partial charge in [0.15, 0.2) is 0 Å². The highest BCUT2D eigenvalue weighted by molar-refractivity contribution is 5.95. The lowest BCUT2D eigenvalue weighted by molar-refractivity contribution is -0.115. The summed E-state index contributed by atoms with van der Waals surface area (Å²) >= 11 is 0. The summed E-state index contributed by atoms with van der Waals surface area (Å²) in [7, 11) is 0. The normalized spacial score (nSPS) is 17.2. The number of aromatic amines is 1. The summed E-state index contributed by atoms with van der Waals surface area (Å²) in [4.78, 5) is 15.3.